The lowest BCUT2D eigenvalue weighted by Crippen LogP contribution is -2.27. The number of nitrogens with one attached hydrogen (secondary N) is 1. The molecule has 2 rings (SSSR count). The number of carbonyl (C=O) groups is 1. The van der Waals surface area contributed by atoms with Crippen LogP contribution in [0.5, 0.6) is 0 Å². The number of hydrogen-bond acceptors (Lipinski definition) is 3. The molecule has 2 aromatic rings. The van der Waals surface area contributed by atoms with E-state index in [0.29, 0.717) is 17.9 Å². The summed E-state index contributed by atoms with van der Waals surface area (Å²) in [7, 11) is 0. The van der Waals surface area contributed by atoms with E-state index in [1.807, 2.05) is 24.3 Å². The maximum atomic E-state index is 12.3. The van der Waals surface area contributed by atoms with Gasteiger partial charge in [0.05, 0.1) is 11.1 Å². The van der Waals surface area contributed by atoms with Crippen molar-refractivity contribution in [2.45, 2.75) is 27.2 Å². The third-order valence-electron chi connectivity index (χ3n) is 3.14. The van der Waals surface area contributed by atoms with Crippen LogP contribution in [0.4, 0.5) is 5.82 Å². The average molecular weight is 271 g/mol. The van der Waals surface area contributed by atoms with Gasteiger partial charge in [-0.25, -0.2) is 4.98 Å². The third kappa shape index (κ3) is 3.47. The Morgan fingerprint density at radius 1 is 1.30 bits per heavy atom. The highest BCUT2D eigenvalue weighted by Gasteiger charge is 2.14. The quantitative estimate of drug-likeness (QED) is 0.901. The number of carbonyl (C=O) groups excluding carboxylic acids is 1. The van der Waals surface area contributed by atoms with Crippen molar-refractivity contribution < 1.29 is 4.79 Å². The molecule has 0 spiro atoms. The first-order valence-corrected chi connectivity index (χ1v) is 6.80. The second kappa shape index (κ2) is 5.49. The molecule has 0 saturated carbocycles. The predicted molar refractivity (Wildman–Crippen MR) is 82.6 cm³/mol. The van der Waals surface area contributed by atoms with E-state index in [1.165, 1.54) is 0 Å². The van der Waals surface area contributed by atoms with E-state index in [-0.39, 0.29) is 11.3 Å². The fourth-order valence-corrected chi connectivity index (χ4v) is 2.03. The molecule has 1 aromatic carbocycles. The zero-order chi connectivity index (χ0) is 14.8. The Kier molecular flexibility index (Phi) is 3.93. The van der Waals surface area contributed by atoms with Gasteiger partial charge in [-0.2, -0.15) is 0 Å². The van der Waals surface area contributed by atoms with Crippen molar-refractivity contribution in [1.29, 1.82) is 0 Å². The van der Waals surface area contributed by atoms with Crippen molar-refractivity contribution in [2.75, 3.05) is 12.3 Å². The van der Waals surface area contributed by atoms with E-state index in [1.54, 1.807) is 6.07 Å². The van der Waals surface area contributed by atoms with E-state index >= 15 is 0 Å². The molecule has 106 valence electrons. The van der Waals surface area contributed by atoms with Crippen LogP contribution in [0.15, 0.2) is 30.3 Å². The summed E-state index contributed by atoms with van der Waals surface area (Å²) in [6, 6.07) is 9.16. The third-order valence-corrected chi connectivity index (χ3v) is 3.14. The summed E-state index contributed by atoms with van der Waals surface area (Å²) in [4.78, 5) is 16.5. The molecule has 0 saturated heterocycles. The summed E-state index contributed by atoms with van der Waals surface area (Å²) in [5.74, 6) is 0.268. The zero-order valence-corrected chi connectivity index (χ0v) is 12.2. The lowest BCUT2D eigenvalue weighted by Gasteiger charge is -2.18. The van der Waals surface area contributed by atoms with Crippen LogP contribution in [-0.4, -0.2) is 17.4 Å². The molecule has 0 radical (unpaired) electrons. The number of hydrogen-bond donors (Lipinski definition) is 2. The summed E-state index contributed by atoms with van der Waals surface area (Å²) < 4.78 is 0. The van der Waals surface area contributed by atoms with Gasteiger partial charge in [-0.15, -0.1) is 0 Å². The molecular formula is C16H21N3O. The molecule has 1 aromatic heterocycles. The number of pyridine rings is 1. The van der Waals surface area contributed by atoms with Gasteiger partial charge < -0.3 is 11.1 Å². The van der Waals surface area contributed by atoms with E-state index in [2.05, 4.69) is 31.1 Å². The van der Waals surface area contributed by atoms with Crippen molar-refractivity contribution in [3.05, 3.63) is 35.9 Å². The Labute approximate surface area is 119 Å². The number of aromatic nitrogens is 1. The Morgan fingerprint density at radius 3 is 2.70 bits per heavy atom. The topological polar surface area (TPSA) is 68.0 Å². The number of para-hydroxylation sites is 1. The van der Waals surface area contributed by atoms with Gasteiger partial charge in [0, 0.05) is 11.9 Å². The van der Waals surface area contributed by atoms with Gasteiger partial charge >= 0.3 is 0 Å². The minimum atomic E-state index is -0.0976. The summed E-state index contributed by atoms with van der Waals surface area (Å²) >= 11 is 0. The van der Waals surface area contributed by atoms with Crippen molar-refractivity contribution in [3.63, 3.8) is 0 Å². The first kappa shape index (κ1) is 14.3. The van der Waals surface area contributed by atoms with Gasteiger partial charge in [0.15, 0.2) is 0 Å². The van der Waals surface area contributed by atoms with Crippen LogP contribution in [0, 0.1) is 5.41 Å². The van der Waals surface area contributed by atoms with Gasteiger partial charge in [-0.1, -0.05) is 39.0 Å². The van der Waals surface area contributed by atoms with Gasteiger partial charge in [0.2, 0.25) is 0 Å². The summed E-state index contributed by atoms with van der Waals surface area (Å²) in [6.07, 6.45) is 0.928. The Hall–Kier alpha value is -2.10. The van der Waals surface area contributed by atoms with E-state index in [0.717, 1.165) is 17.3 Å². The fourth-order valence-electron chi connectivity index (χ4n) is 2.03. The second-order valence-corrected chi connectivity index (χ2v) is 6.18. The average Bonchev–Trinajstić information content (AvgIpc) is 2.36. The number of nitrogens with zero attached hydrogens (tertiary/aromatic N) is 1. The summed E-state index contributed by atoms with van der Waals surface area (Å²) in [6.45, 7) is 7.11. The molecule has 1 amide bonds. The Bertz CT molecular complexity index is 629. The number of nitrogen functional groups attached to an aromatic ring is 1. The normalized spacial score (nSPS) is 11.6. The predicted octanol–water partition coefficient (Wildman–Crippen LogP) is 2.98. The van der Waals surface area contributed by atoms with Crippen molar-refractivity contribution >= 4 is 22.6 Å². The first-order chi connectivity index (χ1) is 9.37. The molecule has 0 unspecified atom stereocenters. The second-order valence-electron chi connectivity index (χ2n) is 6.18. The highest BCUT2D eigenvalue weighted by atomic mass is 16.1. The molecule has 0 aliphatic heterocycles. The van der Waals surface area contributed by atoms with Crippen LogP contribution in [0.1, 0.15) is 37.6 Å². The van der Waals surface area contributed by atoms with E-state index in [9.17, 15) is 4.79 Å². The largest absolute Gasteiger partial charge is 0.384 e. The van der Waals surface area contributed by atoms with Crippen LogP contribution < -0.4 is 11.1 Å². The zero-order valence-electron chi connectivity index (χ0n) is 12.2. The van der Waals surface area contributed by atoms with Crippen molar-refractivity contribution in [1.82, 2.24) is 10.3 Å². The van der Waals surface area contributed by atoms with E-state index in [4.69, 9.17) is 5.73 Å². The fraction of sp³-hybridized carbons (Fsp3) is 0.375. The molecule has 0 aliphatic rings. The van der Waals surface area contributed by atoms with Crippen LogP contribution in [0.3, 0.4) is 0 Å². The van der Waals surface area contributed by atoms with E-state index < -0.39 is 0 Å². The summed E-state index contributed by atoms with van der Waals surface area (Å²) in [5.41, 5.74) is 7.30. The number of anilines is 1. The molecule has 0 atom stereocenters. The van der Waals surface area contributed by atoms with Crippen LogP contribution in [0.2, 0.25) is 0 Å². The van der Waals surface area contributed by atoms with Gasteiger partial charge in [-0.3, -0.25) is 4.79 Å². The molecule has 1 heterocycles. The lowest BCUT2D eigenvalue weighted by atomic mass is 9.92. The van der Waals surface area contributed by atoms with Crippen LogP contribution in [0.25, 0.3) is 10.9 Å². The maximum absolute atomic E-state index is 12.3. The molecule has 3 N–H and O–H groups in total. The van der Waals surface area contributed by atoms with Gasteiger partial charge in [0.1, 0.15) is 5.82 Å². The molecule has 0 fully saturated rings. The molecule has 0 aliphatic carbocycles. The molecule has 4 heteroatoms. The minimum absolute atomic E-state index is 0.0976. The number of benzene rings is 1. The Morgan fingerprint density at radius 2 is 2.00 bits per heavy atom. The SMILES string of the molecule is CC(C)(C)CCNC(=O)c1cc(N)nc2ccccc12. The minimum Gasteiger partial charge on any atom is -0.384 e. The lowest BCUT2D eigenvalue weighted by molar-refractivity contribution is 0.0951. The van der Waals surface area contributed by atoms with Crippen molar-refractivity contribution in [2.24, 2.45) is 5.41 Å². The molecular weight excluding hydrogens is 250 g/mol. The summed E-state index contributed by atoms with van der Waals surface area (Å²) in [5, 5.41) is 3.78. The standard InChI is InChI=1S/C16H21N3O/c1-16(2,3)8-9-18-15(20)12-10-14(17)19-13-7-5-4-6-11(12)13/h4-7,10H,8-9H2,1-3H3,(H2,17,19)(H,18,20). The van der Waals surface area contributed by atoms with Crippen molar-refractivity contribution in [3.8, 4) is 0 Å². The van der Waals surface area contributed by atoms with Gasteiger partial charge in [-0.05, 0) is 24.0 Å². The van der Waals surface area contributed by atoms with Gasteiger partial charge in [0.25, 0.3) is 5.91 Å². The molecule has 20 heavy (non-hydrogen) atoms. The van der Waals surface area contributed by atoms with Crippen LogP contribution in [-0.2, 0) is 0 Å². The maximum Gasteiger partial charge on any atom is 0.252 e. The number of nitrogens with two attached hydrogens (primary N) is 1. The smallest absolute Gasteiger partial charge is 0.252 e. The highest BCUT2D eigenvalue weighted by Crippen LogP contribution is 2.20. The number of amides is 1. The number of fused-ring (bicyclic) bond motifs is 1. The highest BCUT2D eigenvalue weighted by molar-refractivity contribution is 6.06. The van der Waals surface area contributed by atoms with Crippen LogP contribution >= 0.6 is 0 Å². The molecule has 0 bridgehead atoms. The molecule has 4 nitrogen and oxygen atoms in total. The monoisotopic (exact) mass is 271 g/mol. The first-order valence-electron chi connectivity index (χ1n) is 6.80. The number of rotatable bonds is 3. The Balaban J connectivity index is 2.22.